The van der Waals surface area contributed by atoms with Gasteiger partial charge in [-0.2, -0.15) is 0 Å². The van der Waals surface area contributed by atoms with Crippen LogP contribution in [0.15, 0.2) is 36.9 Å². The summed E-state index contributed by atoms with van der Waals surface area (Å²) in [5.41, 5.74) is 1.39. The quantitative estimate of drug-likeness (QED) is 0.892. The first-order chi connectivity index (χ1) is 10.8. The van der Waals surface area contributed by atoms with E-state index in [4.69, 9.17) is 4.74 Å². The Morgan fingerprint density at radius 2 is 2.00 bits per heavy atom. The highest BCUT2D eigenvalue weighted by Gasteiger charge is 2.14. The molecule has 0 radical (unpaired) electrons. The molecule has 0 aliphatic carbocycles. The molecule has 1 amide bonds. The number of carbonyl (C=O) groups excluding carboxylic acids is 1. The number of morpholine rings is 1. The minimum absolute atomic E-state index is 0.197. The Bertz CT molecular complexity index is 612. The van der Waals surface area contributed by atoms with Crippen LogP contribution in [0.25, 0.3) is 0 Å². The van der Waals surface area contributed by atoms with Crippen LogP contribution in [0.5, 0.6) is 0 Å². The highest BCUT2D eigenvalue weighted by Crippen LogP contribution is 2.09. The van der Waals surface area contributed by atoms with E-state index in [-0.39, 0.29) is 5.91 Å². The summed E-state index contributed by atoms with van der Waals surface area (Å²) in [5.74, 6) is 0.435. The van der Waals surface area contributed by atoms with E-state index in [1.807, 2.05) is 17.0 Å². The second-order valence-electron chi connectivity index (χ2n) is 4.92. The van der Waals surface area contributed by atoms with E-state index in [1.165, 1.54) is 0 Å². The number of aromatic nitrogens is 3. The van der Waals surface area contributed by atoms with Gasteiger partial charge in [-0.3, -0.25) is 9.78 Å². The monoisotopic (exact) mass is 299 g/mol. The van der Waals surface area contributed by atoms with Crippen molar-refractivity contribution in [2.45, 2.75) is 6.54 Å². The Balaban J connectivity index is 1.58. The molecule has 0 aromatic carbocycles. The number of hydrogen-bond donors (Lipinski definition) is 1. The van der Waals surface area contributed by atoms with Gasteiger partial charge in [0.2, 0.25) is 5.95 Å². The Labute approximate surface area is 128 Å². The summed E-state index contributed by atoms with van der Waals surface area (Å²) in [6.45, 7) is 3.32. The van der Waals surface area contributed by atoms with Crippen molar-refractivity contribution in [1.29, 1.82) is 0 Å². The zero-order valence-corrected chi connectivity index (χ0v) is 12.1. The van der Waals surface area contributed by atoms with Crippen molar-refractivity contribution in [2.75, 3.05) is 31.2 Å². The van der Waals surface area contributed by atoms with E-state index in [9.17, 15) is 4.79 Å². The molecule has 1 N–H and O–H groups in total. The molecule has 114 valence electrons. The molecule has 7 heteroatoms. The van der Waals surface area contributed by atoms with Gasteiger partial charge in [0.15, 0.2) is 0 Å². The lowest BCUT2D eigenvalue weighted by Crippen LogP contribution is -2.37. The van der Waals surface area contributed by atoms with E-state index >= 15 is 0 Å². The van der Waals surface area contributed by atoms with Gasteiger partial charge < -0.3 is 15.0 Å². The highest BCUT2D eigenvalue weighted by atomic mass is 16.5. The number of nitrogens with zero attached hydrogens (tertiary/aromatic N) is 4. The molecule has 0 unspecified atom stereocenters. The van der Waals surface area contributed by atoms with Crippen molar-refractivity contribution >= 4 is 11.9 Å². The predicted octanol–water partition coefficient (Wildman–Crippen LogP) is 0.638. The second kappa shape index (κ2) is 6.95. The number of pyridine rings is 1. The lowest BCUT2D eigenvalue weighted by atomic mass is 10.2. The third kappa shape index (κ3) is 3.56. The van der Waals surface area contributed by atoms with Crippen LogP contribution in [0.1, 0.15) is 15.9 Å². The molecule has 0 atom stereocenters. The molecule has 1 fully saturated rings. The largest absolute Gasteiger partial charge is 0.378 e. The molecule has 2 aromatic heterocycles. The van der Waals surface area contributed by atoms with Gasteiger partial charge in [0.1, 0.15) is 0 Å². The number of carbonyl (C=O) groups is 1. The number of nitrogens with one attached hydrogen (secondary N) is 1. The minimum atomic E-state index is -0.197. The summed E-state index contributed by atoms with van der Waals surface area (Å²) in [4.78, 5) is 26.6. The molecule has 7 nitrogen and oxygen atoms in total. The van der Waals surface area contributed by atoms with E-state index in [2.05, 4.69) is 20.3 Å². The summed E-state index contributed by atoms with van der Waals surface area (Å²) >= 11 is 0. The Morgan fingerprint density at radius 1 is 1.23 bits per heavy atom. The number of anilines is 1. The first-order valence-electron chi connectivity index (χ1n) is 7.15. The molecule has 3 heterocycles. The summed E-state index contributed by atoms with van der Waals surface area (Å²) in [6.07, 6.45) is 6.52. The van der Waals surface area contributed by atoms with Gasteiger partial charge >= 0.3 is 0 Å². The summed E-state index contributed by atoms with van der Waals surface area (Å²) in [6, 6.07) is 3.74. The zero-order valence-electron chi connectivity index (χ0n) is 12.1. The smallest absolute Gasteiger partial charge is 0.254 e. The van der Waals surface area contributed by atoms with Crippen molar-refractivity contribution < 1.29 is 9.53 Å². The third-order valence-corrected chi connectivity index (χ3v) is 3.37. The van der Waals surface area contributed by atoms with Gasteiger partial charge in [-0.25, -0.2) is 9.97 Å². The topological polar surface area (TPSA) is 80.2 Å². The molecular formula is C15H17N5O2. The summed E-state index contributed by atoms with van der Waals surface area (Å²) in [7, 11) is 0. The second-order valence-corrected chi connectivity index (χ2v) is 4.92. The maximum atomic E-state index is 12.1. The van der Waals surface area contributed by atoms with Crippen molar-refractivity contribution in [2.24, 2.45) is 0 Å². The van der Waals surface area contributed by atoms with Crippen LogP contribution in [0.3, 0.4) is 0 Å². The van der Waals surface area contributed by atoms with Crippen LogP contribution in [0.2, 0.25) is 0 Å². The molecule has 3 rings (SSSR count). The van der Waals surface area contributed by atoms with E-state index in [0.29, 0.717) is 31.3 Å². The molecule has 0 spiro atoms. The molecule has 1 aliphatic rings. The van der Waals surface area contributed by atoms with Gasteiger partial charge in [0.25, 0.3) is 5.91 Å². The molecule has 1 aliphatic heterocycles. The van der Waals surface area contributed by atoms with Crippen LogP contribution >= 0.6 is 0 Å². The van der Waals surface area contributed by atoms with Crippen LogP contribution in [0.4, 0.5) is 5.95 Å². The molecular weight excluding hydrogens is 282 g/mol. The van der Waals surface area contributed by atoms with Crippen molar-refractivity contribution in [1.82, 2.24) is 20.3 Å². The van der Waals surface area contributed by atoms with E-state index in [1.54, 1.807) is 24.8 Å². The fraction of sp³-hybridized carbons (Fsp3) is 0.333. The molecule has 22 heavy (non-hydrogen) atoms. The van der Waals surface area contributed by atoms with Crippen molar-refractivity contribution in [3.05, 3.63) is 48.0 Å². The van der Waals surface area contributed by atoms with Crippen LogP contribution in [-0.2, 0) is 11.3 Å². The molecule has 0 saturated carbocycles. The minimum Gasteiger partial charge on any atom is -0.378 e. The fourth-order valence-electron chi connectivity index (χ4n) is 2.15. The third-order valence-electron chi connectivity index (χ3n) is 3.37. The Kier molecular flexibility index (Phi) is 4.55. The Hall–Kier alpha value is -2.54. The van der Waals surface area contributed by atoms with Crippen molar-refractivity contribution in [3.8, 4) is 0 Å². The van der Waals surface area contributed by atoms with Crippen LogP contribution in [0, 0.1) is 0 Å². The summed E-state index contributed by atoms with van der Waals surface area (Å²) < 4.78 is 5.29. The maximum absolute atomic E-state index is 12.1. The van der Waals surface area contributed by atoms with E-state index in [0.717, 1.165) is 18.7 Å². The van der Waals surface area contributed by atoms with Gasteiger partial charge in [-0.15, -0.1) is 0 Å². The first kappa shape index (κ1) is 14.4. The van der Waals surface area contributed by atoms with Crippen LogP contribution in [-0.4, -0.2) is 47.2 Å². The average Bonchev–Trinajstić information content (AvgIpc) is 2.61. The van der Waals surface area contributed by atoms with Crippen molar-refractivity contribution in [3.63, 3.8) is 0 Å². The standard InChI is InChI=1S/C15H17N5O2/c21-14(17-9-12-2-1-3-16-8-12)13-10-18-15(19-11-13)20-4-6-22-7-5-20/h1-3,8,10-11H,4-7,9H2,(H,17,21). The lowest BCUT2D eigenvalue weighted by Gasteiger charge is -2.26. The molecule has 1 saturated heterocycles. The van der Waals surface area contributed by atoms with Gasteiger partial charge in [-0.05, 0) is 11.6 Å². The number of amides is 1. The normalized spacial score (nSPS) is 14.6. The van der Waals surface area contributed by atoms with Gasteiger partial charge in [-0.1, -0.05) is 6.07 Å². The van der Waals surface area contributed by atoms with Crippen LogP contribution < -0.4 is 10.2 Å². The number of rotatable bonds is 4. The average molecular weight is 299 g/mol. The zero-order chi connectivity index (χ0) is 15.2. The lowest BCUT2D eigenvalue weighted by molar-refractivity contribution is 0.0950. The number of ether oxygens (including phenoxy) is 1. The first-order valence-corrected chi connectivity index (χ1v) is 7.15. The SMILES string of the molecule is O=C(NCc1cccnc1)c1cnc(N2CCOCC2)nc1. The Morgan fingerprint density at radius 3 is 2.68 bits per heavy atom. The van der Waals surface area contributed by atoms with Gasteiger partial charge in [0, 0.05) is 44.4 Å². The van der Waals surface area contributed by atoms with Gasteiger partial charge in [0.05, 0.1) is 18.8 Å². The molecule has 0 bridgehead atoms. The maximum Gasteiger partial charge on any atom is 0.254 e. The predicted molar refractivity (Wildman–Crippen MR) is 80.5 cm³/mol. The number of hydrogen-bond acceptors (Lipinski definition) is 6. The summed E-state index contributed by atoms with van der Waals surface area (Å²) in [5, 5.41) is 2.82. The highest BCUT2D eigenvalue weighted by molar-refractivity contribution is 5.93. The molecule has 2 aromatic rings. The fourth-order valence-corrected chi connectivity index (χ4v) is 2.15. The van der Waals surface area contributed by atoms with E-state index < -0.39 is 0 Å².